The van der Waals surface area contributed by atoms with E-state index in [0.717, 1.165) is 25.8 Å². The van der Waals surface area contributed by atoms with Crippen molar-refractivity contribution in [3.8, 4) is 0 Å². The number of hydrogen-bond acceptors (Lipinski definition) is 4. The van der Waals surface area contributed by atoms with Gasteiger partial charge in [-0.05, 0) is 38.1 Å². The summed E-state index contributed by atoms with van der Waals surface area (Å²) in [5.41, 5.74) is 0.448. The van der Waals surface area contributed by atoms with E-state index in [4.69, 9.17) is 4.74 Å². The van der Waals surface area contributed by atoms with Crippen LogP contribution in [0.25, 0.3) is 0 Å². The van der Waals surface area contributed by atoms with Crippen LogP contribution in [-0.4, -0.2) is 61.8 Å². The van der Waals surface area contributed by atoms with Gasteiger partial charge in [-0.2, -0.15) is 11.8 Å². The van der Waals surface area contributed by atoms with E-state index in [2.05, 4.69) is 35.8 Å². The Morgan fingerprint density at radius 1 is 1.37 bits per heavy atom. The molecule has 0 bridgehead atoms. The maximum Gasteiger partial charge on any atom is 0.0472 e. The molecule has 2 saturated heterocycles. The second-order valence-corrected chi connectivity index (χ2v) is 7.33. The van der Waals surface area contributed by atoms with Crippen LogP contribution in [0.5, 0.6) is 0 Å². The van der Waals surface area contributed by atoms with Crippen LogP contribution in [0, 0.1) is 5.41 Å². The Kier molecular flexibility index (Phi) is 6.46. The molecule has 0 radical (unpaired) electrons. The van der Waals surface area contributed by atoms with Crippen LogP contribution in [-0.2, 0) is 4.74 Å². The van der Waals surface area contributed by atoms with Crippen molar-refractivity contribution < 1.29 is 4.74 Å². The van der Waals surface area contributed by atoms with Gasteiger partial charge in [0.25, 0.3) is 0 Å². The third-order valence-corrected chi connectivity index (χ3v) is 5.71. The molecule has 4 heteroatoms. The zero-order valence-corrected chi connectivity index (χ0v) is 13.4. The molecule has 2 fully saturated rings. The van der Waals surface area contributed by atoms with Gasteiger partial charge in [-0.3, -0.25) is 4.90 Å². The standard InChI is InChI=1S/C15H30N2OS/c1-3-6-16-12-15(4-8-18-9-5-15)13-17-7-10-19-11-14(17)2/h14,16H,3-13H2,1-2H3. The maximum absolute atomic E-state index is 5.60. The molecule has 2 heterocycles. The van der Waals surface area contributed by atoms with Crippen LogP contribution in [0.1, 0.15) is 33.1 Å². The van der Waals surface area contributed by atoms with Gasteiger partial charge in [0.05, 0.1) is 0 Å². The smallest absolute Gasteiger partial charge is 0.0472 e. The van der Waals surface area contributed by atoms with E-state index in [1.54, 1.807) is 0 Å². The summed E-state index contributed by atoms with van der Waals surface area (Å²) in [4.78, 5) is 2.72. The van der Waals surface area contributed by atoms with E-state index < -0.39 is 0 Å². The van der Waals surface area contributed by atoms with Gasteiger partial charge in [0.15, 0.2) is 0 Å². The Balaban J connectivity index is 1.91. The Bertz CT molecular complexity index is 257. The van der Waals surface area contributed by atoms with Gasteiger partial charge in [0.2, 0.25) is 0 Å². The number of hydrogen-bond donors (Lipinski definition) is 1. The maximum atomic E-state index is 5.60. The highest BCUT2D eigenvalue weighted by Crippen LogP contribution is 2.32. The third kappa shape index (κ3) is 4.62. The molecular formula is C15H30N2OS. The average Bonchev–Trinajstić information content (AvgIpc) is 2.43. The molecule has 0 spiro atoms. The molecule has 1 atom stereocenters. The van der Waals surface area contributed by atoms with Gasteiger partial charge in [0, 0.05) is 50.4 Å². The molecule has 0 aromatic carbocycles. The van der Waals surface area contributed by atoms with Gasteiger partial charge in [-0.1, -0.05) is 6.92 Å². The van der Waals surface area contributed by atoms with Gasteiger partial charge in [0.1, 0.15) is 0 Å². The fourth-order valence-electron chi connectivity index (χ4n) is 3.15. The van der Waals surface area contributed by atoms with Crippen LogP contribution < -0.4 is 5.32 Å². The minimum atomic E-state index is 0.448. The predicted octanol–water partition coefficient (Wildman–Crippen LogP) is 2.22. The first kappa shape index (κ1) is 15.6. The highest BCUT2D eigenvalue weighted by Gasteiger charge is 2.35. The Morgan fingerprint density at radius 2 is 2.16 bits per heavy atom. The van der Waals surface area contributed by atoms with Crippen molar-refractivity contribution >= 4 is 11.8 Å². The monoisotopic (exact) mass is 286 g/mol. The van der Waals surface area contributed by atoms with Crippen LogP contribution in [0.15, 0.2) is 0 Å². The van der Waals surface area contributed by atoms with Crippen LogP contribution in [0.4, 0.5) is 0 Å². The predicted molar refractivity (Wildman–Crippen MR) is 84.0 cm³/mol. The number of rotatable bonds is 6. The van der Waals surface area contributed by atoms with Crippen molar-refractivity contribution in [2.45, 2.75) is 39.2 Å². The van der Waals surface area contributed by atoms with E-state index in [0.29, 0.717) is 5.41 Å². The zero-order valence-electron chi connectivity index (χ0n) is 12.6. The molecule has 3 nitrogen and oxygen atoms in total. The summed E-state index contributed by atoms with van der Waals surface area (Å²) in [7, 11) is 0. The summed E-state index contributed by atoms with van der Waals surface area (Å²) in [5, 5.41) is 3.66. The molecule has 1 unspecified atom stereocenters. The second kappa shape index (κ2) is 7.87. The lowest BCUT2D eigenvalue weighted by Crippen LogP contribution is -2.52. The van der Waals surface area contributed by atoms with Crippen molar-refractivity contribution in [1.82, 2.24) is 10.2 Å². The molecule has 19 heavy (non-hydrogen) atoms. The Morgan fingerprint density at radius 3 is 2.84 bits per heavy atom. The van der Waals surface area contributed by atoms with Crippen LogP contribution in [0.3, 0.4) is 0 Å². The van der Waals surface area contributed by atoms with Crippen LogP contribution >= 0.6 is 11.8 Å². The lowest BCUT2D eigenvalue weighted by Gasteiger charge is -2.44. The molecule has 1 N–H and O–H groups in total. The van der Waals surface area contributed by atoms with E-state index in [1.165, 1.54) is 50.4 Å². The van der Waals surface area contributed by atoms with Gasteiger partial charge in [-0.15, -0.1) is 0 Å². The number of ether oxygens (including phenoxy) is 1. The molecule has 0 amide bonds. The van der Waals surface area contributed by atoms with E-state index in [9.17, 15) is 0 Å². The van der Waals surface area contributed by atoms with Gasteiger partial charge in [-0.25, -0.2) is 0 Å². The SMILES string of the molecule is CCCNCC1(CN2CCSCC2C)CCOCC1. The topological polar surface area (TPSA) is 24.5 Å². The zero-order chi connectivity index (χ0) is 13.6. The van der Waals surface area contributed by atoms with Crippen molar-refractivity contribution in [3.63, 3.8) is 0 Å². The summed E-state index contributed by atoms with van der Waals surface area (Å²) in [6.45, 7) is 11.4. The molecule has 0 saturated carbocycles. The normalized spacial score (nSPS) is 28.4. The summed E-state index contributed by atoms with van der Waals surface area (Å²) < 4.78 is 5.60. The number of nitrogens with one attached hydrogen (secondary N) is 1. The third-order valence-electron chi connectivity index (χ3n) is 4.52. The summed E-state index contributed by atoms with van der Waals surface area (Å²) >= 11 is 2.11. The summed E-state index contributed by atoms with van der Waals surface area (Å²) in [6, 6.07) is 0.740. The molecule has 2 aliphatic heterocycles. The average molecular weight is 286 g/mol. The number of nitrogens with zero attached hydrogens (tertiary/aromatic N) is 1. The Hall–Kier alpha value is 0.230. The highest BCUT2D eigenvalue weighted by molar-refractivity contribution is 7.99. The quantitative estimate of drug-likeness (QED) is 0.757. The van der Waals surface area contributed by atoms with Crippen LogP contribution in [0.2, 0.25) is 0 Å². The van der Waals surface area contributed by atoms with Crippen molar-refractivity contribution in [1.29, 1.82) is 0 Å². The first-order valence-corrected chi connectivity index (χ1v) is 9.01. The fourth-order valence-corrected chi connectivity index (χ4v) is 4.23. The lowest BCUT2D eigenvalue weighted by molar-refractivity contribution is -0.00844. The molecule has 2 rings (SSSR count). The van der Waals surface area contributed by atoms with Gasteiger partial charge >= 0.3 is 0 Å². The first-order valence-electron chi connectivity index (χ1n) is 7.86. The fraction of sp³-hybridized carbons (Fsp3) is 1.00. The largest absolute Gasteiger partial charge is 0.381 e. The molecule has 2 aliphatic rings. The minimum Gasteiger partial charge on any atom is -0.381 e. The van der Waals surface area contributed by atoms with E-state index in [-0.39, 0.29) is 0 Å². The van der Waals surface area contributed by atoms with Gasteiger partial charge < -0.3 is 10.1 Å². The lowest BCUT2D eigenvalue weighted by atomic mass is 9.79. The number of thioether (sulfide) groups is 1. The molecule has 0 aromatic heterocycles. The summed E-state index contributed by atoms with van der Waals surface area (Å²) in [6.07, 6.45) is 3.67. The molecular weight excluding hydrogens is 256 g/mol. The first-order chi connectivity index (χ1) is 9.26. The Labute approximate surface area is 122 Å². The molecule has 112 valence electrons. The second-order valence-electron chi connectivity index (χ2n) is 6.18. The van der Waals surface area contributed by atoms with E-state index in [1.807, 2.05) is 0 Å². The van der Waals surface area contributed by atoms with Crippen molar-refractivity contribution in [3.05, 3.63) is 0 Å². The van der Waals surface area contributed by atoms with Crippen molar-refractivity contribution in [2.75, 3.05) is 50.9 Å². The van der Waals surface area contributed by atoms with Crippen molar-refractivity contribution in [2.24, 2.45) is 5.41 Å². The minimum absolute atomic E-state index is 0.448. The highest BCUT2D eigenvalue weighted by atomic mass is 32.2. The van der Waals surface area contributed by atoms with E-state index >= 15 is 0 Å². The summed E-state index contributed by atoms with van der Waals surface area (Å²) in [5.74, 6) is 2.61. The molecule has 0 aromatic rings. The molecule has 0 aliphatic carbocycles.